The van der Waals surface area contributed by atoms with E-state index in [1.165, 1.54) is 87.2 Å². The van der Waals surface area contributed by atoms with Gasteiger partial charge in [0, 0.05) is 103 Å². The zero-order valence-corrected chi connectivity index (χ0v) is 26.8. The van der Waals surface area contributed by atoms with Crippen molar-refractivity contribution in [3.05, 3.63) is 121 Å². The molecule has 0 spiro atoms. The fourth-order valence-corrected chi connectivity index (χ4v) is 8.27. The molecule has 0 aliphatic rings. The van der Waals surface area contributed by atoms with Crippen LogP contribution >= 0.6 is 0 Å². The molecule has 0 saturated heterocycles. The van der Waals surface area contributed by atoms with E-state index in [2.05, 4.69) is 168 Å². The minimum absolute atomic E-state index is 0.986. The molecule has 0 bridgehead atoms. The highest BCUT2D eigenvalue weighted by Crippen LogP contribution is 2.40. The Labute approximate surface area is 267 Å². The van der Waals surface area contributed by atoms with Crippen LogP contribution in [0.2, 0.25) is 0 Å². The summed E-state index contributed by atoms with van der Waals surface area (Å²) in [7, 11) is 4.34. The Bertz CT molecular complexity index is 2790. The summed E-state index contributed by atoms with van der Waals surface area (Å²) in [6.45, 7) is 6.41. The number of para-hydroxylation sites is 4. The molecule has 4 heteroatoms. The summed E-state index contributed by atoms with van der Waals surface area (Å²) in [5, 5.41) is 10.9. The van der Waals surface area contributed by atoms with Gasteiger partial charge >= 0.3 is 0 Å². The van der Waals surface area contributed by atoms with Crippen LogP contribution < -0.4 is 0 Å². The molecule has 0 fully saturated rings. The maximum atomic E-state index is 2.42. The van der Waals surface area contributed by atoms with Crippen molar-refractivity contribution in [2.24, 2.45) is 14.1 Å². The molecule has 10 aromatic rings. The Kier molecular flexibility index (Phi) is 5.85. The molecule has 0 N–H and O–H groups in total. The summed E-state index contributed by atoms with van der Waals surface area (Å²) >= 11 is 0. The van der Waals surface area contributed by atoms with Crippen LogP contribution in [0.25, 0.3) is 87.2 Å². The molecule has 4 heterocycles. The first kappa shape index (κ1) is 26.9. The molecule has 0 amide bonds. The molecule has 0 unspecified atom stereocenters. The third-order valence-electron chi connectivity index (χ3n) is 10.2. The van der Waals surface area contributed by atoms with E-state index in [4.69, 9.17) is 0 Å². The molecule has 4 nitrogen and oxygen atoms in total. The van der Waals surface area contributed by atoms with E-state index < -0.39 is 0 Å². The molecule has 0 radical (unpaired) electrons. The average molecular weight is 597 g/mol. The average Bonchev–Trinajstić information content (AvgIpc) is 3.80. The van der Waals surface area contributed by atoms with Gasteiger partial charge in [0.05, 0.1) is 11.0 Å². The molecule has 0 aliphatic heterocycles. The summed E-state index contributed by atoms with van der Waals surface area (Å²) in [5.41, 5.74) is 10.5. The van der Waals surface area contributed by atoms with Crippen molar-refractivity contribution in [2.75, 3.05) is 0 Å². The van der Waals surface area contributed by atoms with Crippen LogP contribution in [0.5, 0.6) is 0 Å². The van der Waals surface area contributed by atoms with E-state index in [9.17, 15) is 0 Å². The Morgan fingerprint density at radius 3 is 1.37 bits per heavy atom. The monoisotopic (exact) mass is 596 g/mol. The normalized spacial score (nSPS) is 12.1. The number of aromatic nitrogens is 4. The second-order valence-electron chi connectivity index (χ2n) is 12.4. The molecule has 4 aromatic heterocycles. The number of hydrogen-bond donors (Lipinski definition) is 0. The molecular formula is C42H36N4. The van der Waals surface area contributed by atoms with E-state index in [0.717, 1.165) is 13.1 Å². The fourth-order valence-electron chi connectivity index (χ4n) is 8.27. The number of fused-ring (bicyclic) bond motifs is 14. The molecule has 0 atom stereocenters. The lowest BCUT2D eigenvalue weighted by molar-refractivity contribution is 0.827. The molecular weight excluding hydrogens is 560 g/mol. The van der Waals surface area contributed by atoms with Gasteiger partial charge in [0.15, 0.2) is 0 Å². The van der Waals surface area contributed by atoms with Crippen LogP contribution in [-0.2, 0) is 27.2 Å². The van der Waals surface area contributed by atoms with Gasteiger partial charge in [-0.2, -0.15) is 0 Å². The van der Waals surface area contributed by atoms with E-state index >= 15 is 0 Å². The SMILES string of the molecule is CCn1c2ccccc2c2c3c(ccc21)c1ccccc1n3C.CCn1c2ccccc2c2c3c4ccccc4n(C)c3ccc21. The first-order valence-electron chi connectivity index (χ1n) is 16.4. The van der Waals surface area contributed by atoms with Gasteiger partial charge in [-0.25, -0.2) is 0 Å². The lowest BCUT2D eigenvalue weighted by atomic mass is 10.1. The van der Waals surface area contributed by atoms with E-state index in [-0.39, 0.29) is 0 Å². The fraction of sp³-hybridized carbons (Fsp3) is 0.143. The molecule has 46 heavy (non-hydrogen) atoms. The molecule has 6 aromatic carbocycles. The van der Waals surface area contributed by atoms with Gasteiger partial charge in [0.2, 0.25) is 0 Å². The third kappa shape index (κ3) is 3.50. The van der Waals surface area contributed by atoms with Gasteiger partial charge in [-0.1, -0.05) is 78.9 Å². The minimum Gasteiger partial charge on any atom is -0.344 e. The number of aryl methyl sites for hydroxylation is 4. The molecule has 10 rings (SSSR count). The Hall–Kier alpha value is -5.48. The highest BCUT2D eigenvalue weighted by molar-refractivity contribution is 6.28. The lowest BCUT2D eigenvalue weighted by Crippen LogP contribution is -1.93. The third-order valence-corrected chi connectivity index (χ3v) is 10.2. The van der Waals surface area contributed by atoms with Gasteiger partial charge in [-0.3, -0.25) is 0 Å². The minimum atomic E-state index is 0.986. The van der Waals surface area contributed by atoms with Crippen molar-refractivity contribution < 1.29 is 0 Å². The van der Waals surface area contributed by atoms with E-state index in [0.29, 0.717) is 0 Å². The van der Waals surface area contributed by atoms with Gasteiger partial charge < -0.3 is 18.3 Å². The Balaban J connectivity index is 0.000000127. The summed E-state index contributed by atoms with van der Waals surface area (Å²) < 4.78 is 9.50. The maximum absolute atomic E-state index is 2.42. The summed E-state index contributed by atoms with van der Waals surface area (Å²) in [6, 6.07) is 44.0. The molecule has 0 aliphatic carbocycles. The van der Waals surface area contributed by atoms with E-state index in [1.54, 1.807) is 0 Å². The first-order valence-corrected chi connectivity index (χ1v) is 16.4. The molecule has 0 saturated carbocycles. The van der Waals surface area contributed by atoms with Crippen molar-refractivity contribution in [3.8, 4) is 0 Å². The van der Waals surface area contributed by atoms with Crippen LogP contribution in [0, 0.1) is 0 Å². The molecule has 224 valence electrons. The number of nitrogens with zero attached hydrogens (tertiary/aromatic N) is 4. The Morgan fingerprint density at radius 2 is 0.761 bits per heavy atom. The maximum Gasteiger partial charge on any atom is 0.0590 e. The van der Waals surface area contributed by atoms with Crippen LogP contribution in [0.4, 0.5) is 0 Å². The summed E-state index contributed by atoms with van der Waals surface area (Å²) in [4.78, 5) is 0. The summed E-state index contributed by atoms with van der Waals surface area (Å²) in [5.74, 6) is 0. The standard InChI is InChI=1S/2C21H18N2/c1-3-23-18-11-7-5-9-16(18)20-19(23)13-12-15-14-8-4-6-10-17(14)22(2)21(15)20;1-3-23-17-11-7-5-9-15(17)21-19(23)13-12-18-20(21)14-8-4-6-10-16(14)22(18)2/h2*4-13H,3H2,1-2H3. The van der Waals surface area contributed by atoms with Crippen LogP contribution in [0.1, 0.15) is 13.8 Å². The second-order valence-corrected chi connectivity index (χ2v) is 12.4. The van der Waals surface area contributed by atoms with Gasteiger partial charge in [0.25, 0.3) is 0 Å². The van der Waals surface area contributed by atoms with Gasteiger partial charge in [-0.05, 0) is 56.3 Å². The quantitative estimate of drug-likeness (QED) is 0.189. The van der Waals surface area contributed by atoms with Crippen LogP contribution in [0.15, 0.2) is 121 Å². The zero-order valence-electron chi connectivity index (χ0n) is 26.8. The van der Waals surface area contributed by atoms with Crippen molar-refractivity contribution in [1.82, 2.24) is 18.3 Å². The van der Waals surface area contributed by atoms with Gasteiger partial charge in [-0.15, -0.1) is 0 Å². The highest BCUT2D eigenvalue weighted by Gasteiger charge is 2.18. The number of rotatable bonds is 2. The predicted molar refractivity (Wildman–Crippen MR) is 198 cm³/mol. The highest BCUT2D eigenvalue weighted by atomic mass is 15.0. The lowest BCUT2D eigenvalue weighted by Gasteiger charge is -2.03. The Morgan fingerprint density at radius 1 is 0.348 bits per heavy atom. The van der Waals surface area contributed by atoms with Gasteiger partial charge in [0.1, 0.15) is 0 Å². The largest absolute Gasteiger partial charge is 0.344 e. The number of benzene rings is 6. The van der Waals surface area contributed by atoms with Crippen molar-refractivity contribution in [3.63, 3.8) is 0 Å². The van der Waals surface area contributed by atoms with E-state index in [1.807, 2.05) is 0 Å². The first-order chi connectivity index (χ1) is 22.6. The zero-order chi connectivity index (χ0) is 31.1. The van der Waals surface area contributed by atoms with Crippen molar-refractivity contribution >= 4 is 87.2 Å². The smallest absolute Gasteiger partial charge is 0.0590 e. The predicted octanol–water partition coefficient (Wildman–Crippen LogP) is 10.9. The van der Waals surface area contributed by atoms with Crippen molar-refractivity contribution in [1.29, 1.82) is 0 Å². The van der Waals surface area contributed by atoms with Crippen molar-refractivity contribution in [2.45, 2.75) is 26.9 Å². The van der Waals surface area contributed by atoms with Crippen LogP contribution in [-0.4, -0.2) is 18.3 Å². The second kappa shape index (κ2) is 10.0. The topological polar surface area (TPSA) is 19.7 Å². The number of hydrogen-bond acceptors (Lipinski definition) is 0. The summed E-state index contributed by atoms with van der Waals surface area (Å²) in [6.07, 6.45) is 0. The van der Waals surface area contributed by atoms with Crippen LogP contribution in [0.3, 0.4) is 0 Å².